The molecule has 0 heterocycles. The smallest absolute Gasteiger partial charge is 0.274 e. The monoisotopic (exact) mass is 376 g/mol. The lowest BCUT2D eigenvalue weighted by molar-refractivity contribution is -0.385. The molecule has 14 heteroatoms. The first-order chi connectivity index (χ1) is 8.89. The predicted octanol–water partition coefficient (Wildman–Crippen LogP) is 3.69. The van der Waals surface area contributed by atoms with Crippen molar-refractivity contribution in [2.75, 3.05) is 0 Å². The molecule has 2 nitrogen and oxygen atoms in total. The molecule has 124 valence electrons. The van der Waals surface area contributed by atoms with E-state index in [0.717, 1.165) is 0 Å². The van der Waals surface area contributed by atoms with E-state index in [1.807, 2.05) is 0 Å². The van der Waals surface area contributed by atoms with Crippen LogP contribution in [0.3, 0.4) is 0 Å². The Morgan fingerprint density at radius 2 is 0.714 bits per heavy atom. The molecule has 0 N–H and O–H groups in total. The first kappa shape index (κ1) is 20.2. The van der Waals surface area contributed by atoms with Crippen LogP contribution >= 0.6 is 23.2 Å². The average Bonchev–Trinajstić information content (AvgIpc) is 2.27. The van der Waals surface area contributed by atoms with Gasteiger partial charge in [-0.3, -0.25) is 9.59 Å². The second-order valence-corrected chi connectivity index (χ2v) is 4.11. The molecule has 0 saturated heterocycles. The second-order valence-electron chi connectivity index (χ2n) is 3.42. The van der Waals surface area contributed by atoms with Crippen LogP contribution in [0.25, 0.3) is 0 Å². The van der Waals surface area contributed by atoms with Crippen molar-refractivity contribution >= 4 is 33.7 Å². The lowest BCUT2D eigenvalue weighted by Crippen LogP contribution is -2.69. The number of hydrogen-bond acceptors (Lipinski definition) is 2. The number of rotatable bonds is 6. The van der Waals surface area contributed by atoms with Gasteiger partial charge < -0.3 is 0 Å². The number of hydrogen-bond donors (Lipinski definition) is 0. The van der Waals surface area contributed by atoms with Gasteiger partial charge in [0, 0.05) is 0 Å². The molecule has 0 aromatic heterocycles. The van der Waals surface area contributed by atoms with Crippen molar-refractivity contribution in [1.82, 2.24) is 0 Å². The van der Waals surface area contributed by atoms with Crippen molar-refractivity contribution in [2.24, 2.45) is 0 Å². The van der Waals surface area contributed by atoms with Crippen molar-refractivity contribution in [3.05, 3.63) is 0 Å². The van der Waals surface area contributed by atoms with Crippen LogP contribution in [0.15, 0.2) is 0 Å². The Balaban J connectivity index is 6.21. The molecular weight excluding hydrogens is 377 g/mol. The Kier molecular flexibility index (Phi) is 4.95. The summed E-state index contributed by atoms with van der Waals surface area (Å²) >= 11 is 7.72. The van der Waals surface area contributed by atoms with Gasteiger partial charge in [-0.1, -0.05) is 0 Å². The van der Waals surface area contributed by atoms with Crippen LogP contribution in [-0.2, 0) is 9.59 Å². The topological polar surface area (TPSA) is 34.1 Å². The Hall–Kier alpha value is -0.780. The van der Waals surface area contributed by atoms with E-state index in [1.54, 1.807) is 0 Å². The van der Waals surface area contributed by atoms with Crippen LogP contribution in [0.5, 0.6) is 0 Å². The van der Waals surface area contributed by atoms with E-state index in [1.165, 1.54) is 0 Å². The first-order valence-corrected chi connectivity index (χ1v) is 4.93. The Bertz CT molecular complexity index is 420. The fourth-order valence-corrected chi connectivity index (χ4v) is 1.08. The van der Waals surface area contributed by atoms with E-state index >= 15 is 0 Å². The molecule has 0 atom stereocenters. The maximum absolute atomic E-state index is 12.8. The molecule has 0 aliphatic carbocycles. The molecule has 0 radical (unpaired) electrons. The van der Waals surface area contributed by atoms with Gasteiger partial charge in [-0.2, -0.15) is 43.9 Å². The van der Waals surface area contributed by atoms with Crippen molar-refractivity contribution in [3.8, 4) is 0 Å². The minimum absolute atomic E-state index is 3.51. The maximum atomic E-state index is 12.8. The lowest BCUT2D eigenvalue weighted by Gasteiger charge is -2.37. The quantitative estimate of drug-likeness (QED) is 0.523. The summed E-state index contributed by atoms with van der Waals surface area (Å²) in [6.07, 6.45) is 0. The van der Waals surface area contributed by atoms with E-state index in [2.05, 4.69) is 23.2 Å². The highest BCUT2D eigenvalue weighted by Gasteiger charge is 2.88. The Morgan fingerprint density at radius 1 is 0.524 bits per heavy atom. The van der Waals surface area contributed by atoms with Gasteiger partial charge in [-0.25, -0.2) is 0 Å². The number of halogens is 12. The number of carbonyl (C=O) groups is 2. The third-order valence-electron chi connectivity index (χ3n) is 2.07. The molecule has 0 aliphatic rings. The fraction of sp³-hybridized carbons (Fsp3) is 0.714. The highest BCUT2D eigenvalue weighted by molar-refractivity contribution is 6.65. The largest absolute Gasteiger partial charge is 0.388 e. The van der Waals surface area contributed by atoms with E-state index in [9.17, 15) is 53.5 Å². The molecule has 0 fully saturated rings. The summed E-state index contributed by atoms with van der Waals surface area (Å²) in [5, 5.41) is -7.02. The molecule has 0 rings (SSSR count). The standard InChI is InChI=1S/C7Cl2F10O2/c8-1(20)3(10,11)5(14,15)7(18,19)6(16,17)4(12,13)2(9)21. The Morgan fingerprint density at radius 3 is 0.857 bits per heavy atom. The van der Waals surface area contributed by atoms with Crippen LogP contribution in [-0.4, -0.2) is 40.1 Å². The first-order valence-electron chi connectivity index (χ1n) is 4.18. The van der Waals surface area contributed by atoms with Crippen LogP contribution in [0.2, 0.25) is 0 Å². The summed E-state index contributed by atoms with van der Waals surface area (Å²) in [4.78, 5) is 19.9. The van der Waals surface area contributed by atoms with Gasteiger partial charge >= 0.3 is 29.6 Å². The van der Waals surface area contributed by atoms with E-state index in [-0.39, 0.29) is 0 Å². The molecule has 0 saturated carbocycles. The molecule has 0 aromatic rings. The predicted molar refractivity (Wildman–Crippen MR) is 46.5 cm³/mol. The van der Waals surface area contributed by atoms with E-state index in [0.29, 0.717) is 0 Å². The third kappa shape index (κ3) is 2.56. The summed E-state index contributed by atoms with van der Waals surface area (Å²) in [6, 6.07) is 0. The summed E-state index contributed by atoms with van der Waals surface area (Å²) in [5.41, 5.74) is 0. The van der Waals surface area contributed by atoms with Gasteiger partial charge in [0.2, 0.25) is 0 Å². The SMILES string of the molecule is O=C(Cl)C(F)(F)C(F)(F)C(F)(F)C(F)(F)C(F)(F)C(=O)Cl. The minimum Gasteiger partial charge on any atom is -0.274 e. The highest BCUT2D eigenvalue weighted by Crippen LogP contribution is 2.57. The molecule has 0 aliphatic heterocycles. The fourth-order valence-electron chi connectivity index (χ4n) is 0.838. The van der Waals surface area contributed by atoms with Gasteiger partial charge in [-0.15, -0.1) is 0 Å². The summed E-state index contributed by atoms with van der Waals surface area (Å²) in [6.45, 7) is 0. The van der Waals surface area contributed by atoms with E-state index in [4.69, 9.17) is 0 Å². The lowest BCUT2D eigenvalue weighted by atomic mass is 9.95. The van der Waals surface area contributed by atoms with Crippen LogP contribution < -0.4 is 0 Å². The average molecular weight is 377 g/mol. The molecular formula is C7Cl2F10O2. The summed E-state index contributed by atoms with van der Waals surface area (Å²) in [7, 11) is 0. The Labute approximate surface area is 118 Å². The van der Waals surface area contributed by atoms with Crippen LogP contribution in [0.4, 0.5) is 43.9 Å². The summed E-state index contributed by atoms with van der Waals surface area (Å²) < 4.78 is 127. The molecule has 0 spiro atoms. The van der Waals surface area contributed by atoms with Gasteiger partial charge in [0.05, 0.1) is 0 Å². The van der Waals surface area contributed by atoms with Gasteiger partial charge in [0.15, 0.2) is 0 Å². The zero-order valence-corrected chi connectivity index (χ0v) is 10.4. The maximum Gasteiger partial charge on any atom is 0.388 e. The zero-order chi connectivity index (χ0) is 17.7. The molecule has 21 heavy (non-hydrogen) atoms. The van der Waals surface area contributed by atoms with E-state index < -0.39 is 40.1 Å². The normalized spacial score (nSPS) is 15.0. The molecule has 0 bridgehead atoms. The highest BCUT2D eigenvalue weighted by atomic mass is 35.5. The van der Waals surface area contributed by atoms with Crippen molar-refractivity contribution in [3.63, 3.8) is 0 Å². The van der Waals surface area contributed by atoms with Gasteiger partial charge in [-0.05, 0) is 23.2 Å². The van der Waals surface area contributed by atoms with Gasteiger partial charge in [0.25, 0.3) is 10.5 Å². The molecule has 0 amide bonds. The molecule has 0 aromatic carbocycles. The van der Waals surface area contributed by atoms with Crippen LogP contribution in [0.1, 0.15) is 0 Å². The number of carbonyl (C=O) groups excluding carboxylic acids is 2. The van der Waals surface area contributed by atoms with Crippen molar-refractivity contribution in [1.29, 1.82) is 0 Å². The van der Waals surface area contributed by atoms with Crippen molar-refractivity contribution < 1.29 is 53.5 Å². The zero-order valence-electron chi connectivity index (χ0n) is 8.85. The van der Waals surface area contributed by atoms with Crippen molar-refractivity contribution in [2.45, 2.75) is 29.6 Å². The summed E-state index contributed by atoms with van der Waals surface area (Å²) in [5.74, 6) is -35.5. The second kappa shape index (κ2) is 5.14. The third-order valence-corrected chi connectivity index (χ3v) is 2.55. The molecule has 0 unspecified atom stereocenters. The minimum atomic E-state index is -7.55. The van der Waals surface area contributed by atoms with Crippen LogP contribution in [0, 0.1) is 0 Å². The number of alkyl halides is 10. The van der Waals surface area contributed by atoms with Gasteiger partial charge in [0.1, 0.15) is 0 Å².